The number of rotatable bonds is 5. The van der Waals surface area contributed by atoms with Crippen LogP contribution in [-0.2, 0) is 10.0 Å². The Morgan fingerprint density at radius 1 is 1.21 bits per heavy atom. The second-order valence-electron chi connectivity index (χ2n) is 8.31. The number of aromatic amines is 1. The van der Waals surface area contributed by atoms with E-state index in [2.05, 4.69) is 14.9 Å². The van der Waals surface area contributed by atoms with Crippen LogP contribution in [0.1, 0.15) is 58.1 Å². The molecule has 0 aliphatic heterocycles. The summed E-state index contributed by atoms with van der Waals surface area (Å²) >= 11 is 0. The van der Waals surface area contributed by atoms with Crippen molar-refractivity contribution < 1.29 is 17.5 Å². The smallest absolute Gasteiger partial charge is 0.216 e. The zero-order chi connectivity index (χ0) is 20.5. The Kier molecular flexibility index (Phi) is 5.82. The van der Waals surface area contributed by atoms with Gasteiger partial charge in [0.15, 0.2) is 5.82 Å². The van der Waals surface area contributed by atoms with Crippen LogP contribution in [-0.4, -0.2) is 36.5 Å². The Bertz CT molecular complexity index is 926. The van der Waals surface area contributed by atoms with Gasteiger partial charge in [-0.15, -0.1) is 0 Å². The van der Waals surface area contributed by atoms with Crippen molar-refractivity contribution in [1.82, 2.24) is 14.9 Å². The Labute approximate surface area is 165 Å². The number of methoxy groups -OCH3 is 1. The first kappa shape index (κ1) is 20.8. The van der Waals surface area contributed by atoms with Crippen LogP contribution >= 0.6 is 0 Å². The largest absolute Gasteiger partial charge is 0.497 e. The minimum Gasteiger partial charge on any atom is -0.497 e. The summed E-state index contributed by atoms with van der Waals surface area (Å²) in [5, 5.41) is 7.04. The van der Waals surface area contributed by atoms with Crippen molar-refractivity contribution in [3.63, 3.8) is 0 Å². The van der Waals surface area contributed by atoms with Crippen molar-refractivity contribution in [3.05, 3.63) is 35.8 Å². The minimum absolute atomic E-state index is 0.00208. The molecule has 28 heavy (non-hydrogen) atoms. The highest BCUT2D eigenvalue weighted by Crippen LogP contribution is 2.36. The average molecular weight is 410 g/mol. The van der Waals surface area contributed by atoms with Gasteiger partial charge < -0.3 is 4.74 Å². The van der Waals surface area contributed by atoms with E-state index >= 15 is 4.39 Å². The van der Waals surface area contributed by atoms with Gasteiger partial charge in [0.1, 0.15) is 11.4 Å². The Hall–Kier alpha value is -1.93. The highest BCUT2D eigenvalue weighted by molar-refractivity contribution is 7.90. The number of halogens is 1. The molecule has 0 bridgehead atoms. The number of aromatic nitrogens is 2. The molecule has 1 aliphatic carbocycles. The molecule has 2 N–H and O–H groups in total. The van der Waals surface area contributed by atoms with E-state index in [1.165, 1.54) is 0 Å². The van der Waals surface area contributed by atoms with Crippen molar-refractivity contribution >= 4 is 10.0 Å². The zero-order valence-electron chi connectivity index (χ0n) is 16.8. The second-order valence-corrected chi connectivity index (χ2v) is 10.8. The fourth-order valence-corrected chi connectivity index (χ4v) is 4.50. The van der Waals surface area contributed by atoms with Crippen molar-refractivity contribution in [1.29, 1.82) is 0 Å². The molecule has 0 radical (unpaired) electrons. The maximum absolute atomic E-state index is 15.0. The topological polar surface area (TPSA) is 84.1 Å². The SMILES string of the molecule is COc1cccc(-c2n[nH]c([C@H]3CC[C@H](NS(=O)(=O)C(C)(C)C)CC3)c2F)c1. The predicted octanol–water partition coefficient (Wildman–Crippen LogP) is 3.97. The molecule has 0 spiro atoms. The van der Waals surface area contributed by atoms with Crippen molar-refractivity contribution in [2.24, 2.45) is 0 Å². The highest BCUT2D eigenvalue weighted by Gasteiger charge is 2.34. The number of ether oxygens (including phenoxy) is 1. The van der Waals surface area contributed by atoms with E-state index in [9.17, 15) is 8.42 Å². The summed E-state index contributed by atoms with van der Waals surface area (Å²) in [5.41, 5.74) is 1.44. The van der Waals surface area contributed by atoms with E-state index in [1.54, 1.807) is 52.1 Å². The van der Waals surface area contributed by atoms with Crippen LogP contribution in [0, 0.1) is 5.82 Å². The first-order valence-electron chi connectivity index (χ1n) is 9.52. The number of nitrogens with zero attached hydrogens (tertiary/aromatic N) is 1. The van der Waals surface area contributed by atoms with E-state index in [-0.39, 0.29) is 23.5 Å². The van der Waals surface area contributed by atoms with Gasteiger partial charge >= 0.3 is 0 Å². The molecule has 0 unspecified atom stereocenters. The lowest BCUT2D eigenvalue weighted by molar-refractivity contribution is 0.360. The number of sulfonamides is 1. The Morgan fingerprint density at radius 3 is 2.50 bits per heavy atom. The molecule has 8 heteroatoms. The fourth-order valence-electron chi connectivity index (χ4n) is 3.47. The Morgan fingerprint density at radius 2 is 1.89 bits per heavy atom. The van der Waals surface area contributed by atoms with E-state index < -0.39 is 14.8 Å². The molecular weight excluding hydrogens is 381 g/mol. The normalized spacial score (nSPS) is 20.9. The van der Waals surface area contributed by atoms with Crippen molar-refractivity contribution in [3.8, 4) is 17.0 Å². The minimum atomic E-state index is -3.38. The molecule has 0 amide bonds. The molecule has 6 nitrogen and oxygen atoms in total. The first-order valence-corrected chi connectivity index (χ1v) is 11.0. The third-order valence-corrected chi connectivity index (χ3v) is 7.60. The summed E-state index contributed by atoms with van der Waals surface area (Å²) in [6.07, 6.45) is 2.75. The molecule has 0 saturated heterocycles. The molecule has 1 heterocycles. The van der Waals surface area contributed by atoms with E-state index in [0.29, 0.717) is 42.7 Å². The van der Waals surface area contributed by atoms with E-state index in [1.807, 2.05) is 0 Å². The molecule has 1 fully saturated rings. The second kappa shape index (κ2) is 7.83. The van der Waals surface area contributed by atoms with Crippen LogP contribution in [0.15, 0.2) is 24.3 Å². The lowest BCUT2D eigenvalue weighted by Crippen LogP contribution is -2.45. The summed E-state index contributed by atoms with van der Waals surface area (Å²) in [6, 6.07) is 7.04. The van der Waals surface area contributed by atoms with Crippen LogP contribution in [0.5, 0.6) is 5.75 Å². The summed E-state index contributed by atoms with van der Waals surface area (Å²) in [7, 11) is -1.82. The zero-order valence-corrected chi connectivity index (χ0v) is 17.6. The molecule has 1 saturated carbocycles. The third-order valence-electron chi connectivity index (χ3n) is 5.34. The number of benzene rings is 1. The molecule has 1 aromatic carbocycles. The van der Waals surface area contributed by atoms with Gasteiger partial charge in [-0.1, -0.05) is 12.1 Å². The number of H-pyrrole nitrogens is 1. The number of hydrogen-bond acceptors (Lipinski definition) is 4. The van der Waals surface area contributed by atoms with Gasteiger partial charge in [-0.25, -0.2) is 17.5 Å². The van der Waals surface area contributed by atoms with Crippen molar-refractivity contribution in [2.75, 3.05) is 7.11 Å². The molecule has 0 atom stereocenters. The van der Waals surface area contributed by atoms with Gasteiger partial charge in [0.25, 0.3) is 0 Å². The lowest BCUT2D eigenvalue weighted by Gasteiger charge is -2.30. The summed E-state index contributed by atoms with van der Waals surface area (Å²) < 4.78 is 46.9. The average Bonchev–Trinajstić information content (AvgIpc) is 3.02. The molecule has 2 aromatic rings. The summed E-state index contributed by atoms with van der Waals surface area (Å²) in [5.74, 6) is 0.308. The van der Waals surface area contributed by atoms with Gasteiger partial charge in [0, 0.05) is 17.5 Å². The predicted molar refractivity (Wildman–Crippen MR) is 107 cm³/mol. The monoisotopic (exact) mass is 409 g/mol. The Balaban J connectivity index is 1.69. The van der Waals surface area contributed by atoms with Gasteiger partial charge in [-0.05, 0) is 58.6 Å². The summed E-state index contributed by atoms with van der Waals surface area (Å²) in [6.45, 7) is 5.04. The van der Waals surface area contributed by atoms with Crippen LogP contribution in [0.25, 0.3) is 11.3 Å². The van der Waals surface area contributed by atoms with Gasteiger partial charge in [-0.3, -0.25) is 5.10 Å². The molecule has 3 rings (SSSR count). The van der Waals surface area contributed by atoms with Crippen LogP contribution in [0.3, 0.4) is 0 Å². The standard InChI is InChI=1S/C20H28FN3O3S/c1-20(2,3)28(25,26)24-15-10-8-13(9-11-15)18-17(21)19(23-22-18)14-6-5-7-16(12-14)27-4/h5-7,12-13,15,24H,8-11H2,1-4H3,(H,22,23)/t13-,15-. The van der Waals surface area contributed by atoms with Gasteiger partial charge in [0.05, 0.1) is 17.6 Å². The maximum Gasteiger partial charge on any atom is 0.216 e. The maximum atomic E-state index is 15.0. The highest BCUT2D eigenvalue weighted by atomic mass is 32.2. The summed E-state index contributed by atoms with van der Waals surface area (Å²) in [4.78, 5) is 0. The molecule has 1 aromatic heterocycles. The molecule has 154 valence electrons. The fraction of sp³-hybridized carbons (Fsp3) is 0.550. The van der Waals surface area contributed by atoms with Gasteiger partial charge in [0.2, 0.25) is 10.0 Å². The van der Waals surface area contributed by atoms with Crippen LogP contribution < -0.4 is 9.46 Å². The first-order chi connectivity index (χ1) is 13.1. The number of hydrogen-bond donors (Lipinski definition) is 2. The lowest BCUT2D eigenvalue weighted by atomic mass is 9.84. The molecule has 1 aliphatic rings. The molecular formula is C20H28FN3O3S. The van der Waals surface area contributed by atoms with Crippen molar-refractivity contribution in [2.45, 2.75) is 63.2 Å². The third kappa shape index (κ3) is 4.22. The van der Waals surface area contributed by atoms with E-state index in [0.717, 1.165) is 0 Å². The van der Waals surface area contributed by atoms with Crippen LogP contribution in [0.2, 0.25) is 0 Å². The van der Waals surface area contributed by atoms with E-state index in [4.69, 9.17) is 4.74 Å². The van der Waals surface area contributed by atoms with Crippen LogP contribution in [0.4, 0.5) is 4.39 Å². The number of nitrogens with one attached hydrogen (secondary N) is 2. The van der Waals surface area contributed by atoms with Gasteiger partial charge in [-0.2, -0.15) is 5.10 Å². The quantitative estimate of drug-likeness (QED) is 0.783.